The number of hydrogen-bond donors (Lipinski definition) is 0. The third-order valence-electron chi connectivity index (χ3n) is 5.67. The molecule has 0 aromatic heterocycles. The van der Waals surface area contributed by atoms with E-state index in [0.29, 0.717) is 5.91 Å². The summed E-state index contributed by atoms with van der Waals surface area (Å²) in [5, 5.41) is 0. The maximum absolute atomic E-state index is 12.0. The Morgan fingerprint density at radius 3 is 2.07 bits per heavy atom. The summed E-state index contributed by atoms with van der Waals surface area (Å²) in [6.45, 7) is 6.90. The highest BCUT2D eigenvalue weighted by Crippen LogP contribution is 2.13. The van der Waals surface area contributed by atoms with Gasteiger partial charge in [-0.25, -0.2) is 0 Å². The summed E-state index contributed by atoms with van der Waals surface area (Å²) >= 11 is 0. The van der Waals surface area contributed by atoms with Crippen molar-refractivity contribution in [2.24, 2.45) is 0 Å². The molecule has 1 heterocycles. The van der Waals surface area contributed by atoms with E-state index in [9.17, 15) is 4.79 Å². The van der Waals surface area contributed by atoms with Crippen LogP contribution in [0.2, 0.25) is 0 Å². The van der Waals surface area contributed by atoms with Crippen LogP contribution in [0.3, 0.4) is 0 Å². The summed E-state index contributed by atoms with van der Waals surface area (Å²) in [5.41, 5.74) is 0. The molecule has 1 fully saturated rings. The van der Waals surface area contributed by atoms with Crippen molar-refractivity contribution in [1.82, 2.24) is 4.90 Å². The van der Waals surface area contributed by atoms with Crippen LogP contribution in [-0.4, -0.2) is 62.4 Å². The lowest BCUT2D eigenvalue weighted by Gasteiger charge is -2.37. The summed E-state index contributed by atoms with van der Waals surface area (Å²) in [4.78, 5) is 14.0. The molecule has 1 saturated heterocycles. The van der Waals surface area contributed by atoms with Crippen molar-refractivity contribution in [2.75, 3.05) is 47.1 Å². The standard InChI is InChI=1S/C23H47N2O2/c1-4-5-6-7-8-9-10-11-12-15-20-27-21-16-19-25(2,3)22-24-18-14-13-17-23(24)26/h4-22H2,1-3H3/q+1. The number of unbranched alkanes of at least 4 members (excludes halogenated alkanes) is 9. The van der Waals surface area contributed by atoms with E-state index in [0.717, 1.165) is 63.1 Å². The van der Waals surface area contributed by atoms with Gasteiger partial charge in [-0.1, -0.05) is 64.7 Å². The van der Waals surface area contributed by atoms with Gasteiger partial charge in [-0.05, 0) is 19.3 Å². The van der Waals surface area contributed by atoms with Gasteiger partial charge in [-0.15, -0.1) is 0 Å². The average molecular weight is 384 g/mol. The summed E-state index contributed by atoms with van der Waals surface area (Å²) < 4.78 is 6.70. The molecule has 4 heteroatoms. The van der Waals surface area contributed by atoms with Gasteiger partial charge in [0, 0.05) is 26.0 Å². The molecular weight excluding hydrogens is 336 g/mol. The van der Waals surface area contributed by atoms with Gasteiger partial charge in [-0.2, -0.15) is 0 Å². The molecule has 0 saturated carbocycles. The van der Waals surface area contributed by atoms with E-state index in [-0.39, 0.29) is 0 Å². The predicted molar refractivity (Wildman–Crippen MR) is 115 cm³/mol. The van der Waals surface area contributed by atoms with Gasteiger partial charge < -0.3 is 9.22 Å². The zero-order valence-corrected chi connectivity index (χ0v) is 18.6. The number of hydrogen-bond acceptors (Lipinski definition) is 2. The Morgan fingerprint density at radius 1 is 0.852 bits per heavy atom. The van der Waals surface area contributed by atoms with Crippen LogP contribution in [0, 0.1) is 0 Å². The zero-order valence-electron chi connectivity index (χ0n) is 18.6. The second kappa shape index (κ2) is 15.3. The van der Waals surface area contributed by atoms with E-state index in [1.807, 2.05) is 4.90 Å². The molecule has 0 spiro atoms. The van der Waals surface area contributed by atoms with Crippen LogP contribution in [0.5, 0.6) is 0 Å². The number of rotatable bonds is 17. The first-order valence-electron chi connectivity index (χ1n) is 11.7. The monoisotopic (exact) mass is 383 g/mol. The molecule has 1 rings (SSSR count). The molecule has 0 bridgehead atoms. The number of amides is 1. The topological polar surface area (TPSA) is 29.5 Å². The lowest BCUT2D eigenvalue weighted by atomic mass is 10.1. The van der Waals surface area contributed by atoms with Crippen molar-refractivity contribution >= 4 is 5.91 Å². The smallest absolute Gasteiger partial charge is 0.226 e. The molecule has 0 aromatic carbocycles. The number of quaternary nitrogens is 1. The minimum Gasteiger partial charge on any atom is -0.381 e. The van der Waals surface area contributed by atoms with E-state index in [2.05, 4.69) is 21.0 Å². The second-order valence-electron chi connectivity index (χ2n) is 9.06. The SMILES string of the molecule is CCCCCCCCCCCCOCCC[N+](C)(C)CN1CCCCC1=O. The van der Waals surface area contributed by atoms with Gasteiger partial charge in [0.05, 0.1) is 27.2 Å². The van der Waals surface area contributed by atoms with E-state index in [1.165, 1.54) is 64.2 Å². The normalized spacial score (nSPS) is 15.5. The molecule has 1 aliphatic rings. The first kappa shape index (κ1) is 24.4. The Labute approximate surface area is 169 Å². The van der Waals surface area contributed by atoms with E-state index >= 15 is 0 Å². The molecule has 0 aliphatic carbocycles. The third kappa shape index (κ3) is 13.2. The Hall–Kier alpha value is -0.610. The van der Waals surface area contributed by atoms with Crippen LogP contribution >= 0.6 is 0 Å². The van der Waals surface area contributed by atoms with E-state index < -0.39 is 0 Å². The highest BCUT2D eigenvalue weighted by molar-refractivity contribution is 5.76. The van der Waals surface area contributed by atoms with Crippen LogP contribution in [0.1, 0.15) is 96.8 Å². The van der Waals surface area contributed by atoms with Crippen LogP contribution in [0.4, 0.5) is 0 Å². The summed E-state index contributed by atoms with van der Waals surface area (Å²) in [6, 6.07) is 0. The lowest BCUT2D eigenvalue weighted by molar-refractivity contribution is -0.899. The molecule has 0 radical (unpaired) electrons. The van der Waals surface area contributed by atoms with E-state index in [1.54, 1.807) is 0 Å². The average Bonchev–Trinajstić information content (AvgIpc) is 2.64. The highest BCUT2D eigenvalue weighted by atomic mass is 16.5. The maximum atomic E-state index is 12.0. The van der Waals surface area contributed by atoms with E-state index in [4.69, 9.17) is 4.74 Å². The molecule has 4 nitrogen and oxygen atoms in total. The zero-order chi connectivity index (χ0) is 19.8. The predicted octanol–water partition coefficient (Wildman–Crippen LogP) is 5.36. The van der Waals surface area contributed by atoms with Crippen molar-refractivity contribution in [3.05, 3.63) is 0 Å². The van der Waals surface area contributed by atoms with Crippen LogP contribution in [-0.2, 0) is 9.53 Å². The lowest BCUT2D eigenvalue weighted by Crippen LogP contribution is -2.52. The molecule has 0 unspecified atom stereocenters. The van der Waals surface area contributed by atoms with Crippen LogP contribution < -0.4 is 0 Å². The molecule has 1 aliphatic heterocycles. The summed E-state index contributed by atoms with van der Waals surface area (Å²) in [5.74, 6) is 0.338. The molecular formula is C23H47N2O2+. The summed E-state index contributed by atoms with van der Waals surface area (Å²) in [6.07, 6.45) is 17.8. The number of piperidine rings is 1. The van der Waals surface area contributed by atoms with Crippen molar-refractivity contribution in [2.45, 2.75) is 96.8 Å². The Kier molecular flexibility index (Phi) is 13.9. The van der Waals surface area contributed by atoms with Crippen molar-refractivity contribution < 1.29 is 14.0 Å². The Morgan fingerprint density at radius 2 is 1.44 bits per heavy atom. The first-order chi connectivity index (χ1) is 13.0. The number of ether oxygens (including phenoxy) is 1. The van der Waals surface area contributed by atoms with Crippen molar-refractivity contribution in [1.29, 1.82) is 0 Å². The van der Waals surface area contributed by atoms with Gasteiger partial charge in [0.1, 0.15) is 0 Å². The quantitative estimate of drug-likeness (QED) is 0.250. The van der Waals surface area contributed by atoms with Gasteiger partial charge in [-0.3, -0.25) is 9.69 Å². The highest BCUT2D eigenvalue weighted by Gasteiger charge is 2.25. The molecule has 0 N–H and O–H groups in total. The molecule has 27 heavy (non-hydrogen) atoms. The molecule has 0 aromatic rings. The number of carbonyl (C=O) groups excluding carboxylic acids is 1. The fraction of sp³-hybridized carbons (Fsp3) is 0.957. The van der Waals surface area contributed by atoms with Crippen molar-refractivity contribution in [3.8, 4) is 0 Å². The summed E-state index contributed by atoms with van der Waals surface area (Å²) in [7, 11) is 4.45. The molecule has 1 amide bonds. The van der Waals surface area contributed by atoms with Gasteiger partial charge >= 0.3 is 0 Å². The van der Waals surface area contributed by atoms with Gasteiger partial charge in [0.15, 0.2) is 6.67 Å². The minimum atomic E-state index is 0.338. The molecule has 0 atom stereocenters. The Bertz CT molecular complexity index is 371. The first-order valence-corrected chi connectivity index (χ1v) is 11.7. The minimum absolute atomic E-state index is 0.338. The van der Waals surface area contributed by atoms with Gasteiger partial charge in [0.25, 0.3) is 0 Å². The number of carbonyl (C=O) groups is 1. The fourth-order valence-corrected chi connectivity index (χ4v) is 3.93. The maximum Gasteiger partial charge on any atom is 0.226 e. The number of nitrogens with zero attached hydrogens (tertiary/aromatic N) is 2. The second-order valence-corrected chi connectivity index (χ2v) is 9.06. The largest absolute Gasteiger partial charge is 0.381 e. The van der Waals surface area contributed by atoms with Gasteiger partial charge in [0.2, 0.25) is 5.91 Å². The van der Waals surface area contributed by atoms with Crippen molar-refractivity contribution in [3.63, 3.8) is 0 Å². The molecule has 160 valence electrons. The number of likely N-dealkylation sites (tertiary alicyclic amines) is 1. The fourth-order valence-electron chi connectivity index (χ4n) is 3.93. The van der Waals surface area contributed by atoms with Crippen LogP contribution in [0.25, 0.3) is 0 Å². The Balaban J connectivity index is 1.88. The third-order valence-corrected chi connectivity index (χ3v) is 5.67. The van der Waals surface area contributed by atoms with Crippen LogP contribution in [0.15, 0.2) is 0 Å².